The number of aromatic nitrogens is 1. The van der Waals surface area contributed by atoms with Gasteiger partial charge in [0.25, 0.3) is 11.6 Å². The minimum atomic E-state index is -0.505. The summed E-state index contributed by atoms with van der Waals surface area (Å²) in [6.45, 7) is 4.35. The summed E-state index contributed by atoms with van der Waals surface area (Å²) in [4.78, 5) is 24.3. The van der Waals surface area contributed by atoms with Gasteiger partial charge in [-0.1, -0.05) is 0 Å². The Hall–Kier alpha value is -1.56. The van der Waals surface area contributed by atoms with Crippen molar-refractivity contribution in [2.45, 2.75) is 26.3 Å². The SMILES string of the molecule is CC(C)N(CCCCl)C(=O)c1cc([N+](=O)[O-])cn1C. The molecular formula is C12H18ClN3O3. The second-order valence-corrected chi connectivity index (χ2v) is 4.96. The Morgan fingerprint density at radius 3 is 2.63 bits per heavy atom. The number of nitro groups is 1. The van der Waals surface area contributed by atoms with Gasteiger partial charge in [0.2, 0.25) is 0 Å². The average molecular weight is 288 g/mol. The normalized spacial score (nSPS) is 10.8. The molecule has 0 saturated heterocycles. The standard InChI is InChI=1S/C12H18ClN3O3/c1-9(2)15(6-4-5-13)12(17)11-7-10(16(18)19)8-14(11)3/h7-9H,4-6H2,1-3H3. The highest BCUT2D eigenvalue weighted by atomic mass is 35.5. The number of nitrogens with zero attached hydrogens (tertiary/aromatic N) is 3. The number of hydrogen-bond acceptors (Lipinski definition) is 3. The number of rotatable bonds is 6. The highest BCUT2D eigenvalue weighted by molar-refractivity contribution is 6.17. The zero-order valence-electron chi connectivity index (χ0n) is 11.3. The molecule has 0 fully saturated rings. The third kappa shape index (κ3) is 3.70. The predicted octanol–water partition coefficient (Wildman–Crippen LogP) is 2.41. The highest BCUT2D eigenvalue weighted by Gasteiger charge is 2.23. The smallest absolute Gasteiger partial charge is 0.287 e. The van der Waals surface area contributed by atoms with Crippen LogP contribution in [0.3, 0.4) is 0 Å². The molecule has 6 nitrogen and oxygen atoms in total. The second kappa shape index (κ2) is 6.56. The maximum atomic E-state index is 12.4. The van der Waals surface area contributed by atoms with Crippen molar-refractivity contribution < 1.29 is 9.72 Å². The number of aryl methyl sites for hydroxylation is 1. The van der Waals surface area contributed by atoms with Crippen molar-refractivity contribution in [1.82, 2.24) is 9.47 Å². The summed E-state index contributed by atoms with van der Waals surface area (Å²) in [6.07, 6.45) is 2.03. The van der Waals surface area contributed by atoms with Gasteiger partial charge < -0.3 is 9.47 Å². The van der Waals surface area contributed by atoms with E-state index >= 15 is 0 Å². The molecule has 0 radical (unpaired) electrons. The molecule has 1 amide bonds. The largest absolute Gasteiger partial charge is 0.340 e. The van der Waals surface area contributed by atoms with E-state index in [1.807, 2.05) is 13.8 Å². The third-order valence-electron chi connectivity index (χ3n) is 2.84. The first-order valence-electron chi connectivity index (χ1n) is 6.06. The minimum Gasteiger partial charge on any atom is -0.340 e. The van der Waals surface area contributed by atoms with Crippen LogP contribution in [0.4, 0.5) is 5.69 Å². The molecule has 0 saturated carbocycles. The van der Waals surface area contributed by atoms with E-state index in [0.29, 0.717) is 24.5 Å². The Kier molecular flexibility index (Phi) is 5.35. The Balaban J connectivity index is 2.99. The Morgan fingerprint density at radius 2 is 2.21 bits per heavy atom. The monoisotopic (exact) mass is 287 g/mol. The van der Waals surface area contributed by atoms with E-state index < -0.39 is 4.92 Å². The number of carbonyl (C=O) groups excluding carboxylic acids is 1. The van der Waals surface area contributed by atoms with Crippen molar-refractivity contribution in [3.05, 3.63) is 28.1 Å². The van der Waals surface area contributed by atoms with Crippen LogP contribution >= 0.6 is 11.6 Å². The summed E-state index contributed by atoms with van der Waals surface area (Å²) in [5.74, 6) is 0.264. The van der Waals surface area contributed by atoms with Crippen LogP contribution in [0.1, 0.15) is 30.8 Å². The van der Waals surface area contributed by atoms with Gasteiger partial charge in [-0.15, -0.1) is 11.6 Å². The molecule has 0 aliphatic rings. The van der Waals surface area contributed by atoms with E-state index in [4.69, 9.17) is 11.6 Å². The quantitative estimate of drug-likeness (QED) is 0.458. The van der Waals surface area contributed by atoms with Gasteiger partial charge in [0.15, 0.2) is 0 Å². The molecule has 0 unspecified atom stereocenters. The van der Waals surface area contributed by atoms with Crippen LogP contribution in [-0.2, 0) is 7.05 Å². The van der Waals surface area contributed by atoms with Crippen LogP contribution in [0.2, 0.25) is 0 Å². The lowest BCUT2D eigenvalue weighted by molar-refractivity contribution is -0.384. The summed E-state index contributed by atoms with van der Waals surface area (Å²) in [7, 11) is 1.63. The van der Waals surface area contributed by atoms with E-state index in [2.05, 4.69) is 0 Å². The number of alkyl halides is 1. The van der Waals surface area contributed by atoms with E-state index in [1.165, 1.54) is 16.8 Å². The first kappa shape index (κ1) is 15.5. The topological polar surface area (TPSA) is 68.4 Å². The zero-order chi connectivity index (χ0) is 14.6. The summed E-state index contributed by atoms with van der Waals surface area (Å²) >= 11 is 5.65. The Bertz CT molecular complexity index is 471. The molecule has 1 heterocycles. The van der Waals surface area contributed by atoms with E-state index in [1.54, 1.807) is 11.9 Å². The molecule has 7 heteroatoms. The third-order valence-corrected chi connectivity index (χ3v) is 3.10. The Labute approximate surface area is 117 Å². The molecule has 19 heavy (non-hydrogen) atoms. The molecule has 0 aliphatic heterocycles. The van der Waals surface area contributed by atoms with Crippen LogP contribution in [0, 0.1) is 10.1 Å². The van der Waals surface area contributed by atoms with Gasteiger partial charge >= 0.3 is 0 Å². The van der Waals surface area contributed by atoms with Crippen LogP contribution in [-0.4, -0.2) is 38.8 Å². The Morgan fingerprint density at radius 1 is 1.58 bits per heavy atom. The summed E-state index contributed by atoms with van der Waals surface area (Å²) in [6, 6.07) is 1.32. The van der Waals surface area contributed by atoms with Crippen molar-refractivity contribution >= 4 is 23.2 Å². The minimum absolute atomic E-state index is 0.0182. The molecule has 1 aromatic heterocycles. The summed E-state index contributed by atoms with van der Waals surface area (Å²) in [5.41, 5.74) is 0.238. The molecule has 1 rings (SSSR count). The molecular weight excluding hydrogens is 270 g/mol. The fraction of sp³-hybridized carbons (Fsp3) is 0.583. The fourth-order valence-electron chi connectivity index (χ4n) is 1.83. The number of halogens is 1. The highest BCUT2D eigenvalue weighted by Crippen LogP contribution is 2.18. The lowest BCUT2D eigenvalue weighted by atomic mass is 10.2. The van der Waals surface area contributed by atoms with Crippen molar-refractivity contribution in [2.75, 3.05) is 12.4 Å². The van der Waals surface area contributed by atoms with Gasteiger partial charge in [0.05, 0.1) is 11.1 Å². The predicted molar refractivity (Wildman–Crippen MR) is 73.6 cm³/mol. The molecule has 1 aromatic rings. The number of amides is 1. The van der Waals surface area contributed by atoms with E-state index in [-0.39, 0.29) is 17.6 Å². The average Bonchev–Trinajstić information content (AvgIpc) is 2.71. The lowest BCUT2D eigenvalue weighted by Crippen LogP contribution is -2.38. The second-order valence-electron chi connectivity index (χ2n) is 4.59. The van der Waals surface area contributed by atoms with Gasteiger partial charge in [0.1, 0.15) is 5.69 Å². The first-order valence-corrected chi connectivity index (χ1v) is 6.59. The maximum absolute atomic E-state index is 12.4. The lowest BCUT2D eigenvalue weighted by Gasteiger charge is -2.26. The molecule has 0 atom stereocenters. The maximum Gasteiger partial charge on any atom is 0.287 e. The fourth-order valence-corrected chi connectivity index (χ4v) is 1.95. The van der Waals surface area contributed by atoms with Crippen LogP contribution in [0.5, 0.6) is 0 Å². The van der Waals surface area contributed by atoms with Gasteiger partial charge in [0, 0.05) is 31.6 Å². The molecule has 106 valence electrons. The van der Waals surface area contributed by atoms with Gasteiger partial charge in [-0.05, 0) is 20.3 Å². The van der Waals surface area contributed by atoms with Crippen molar-refractivity contribution in [2.24, 2.45) is 7.05 Å². The molecule has 0 aromatic carbocycles. The molecule has 0 spiro atoms. The van der Waals surface area contributed by atoms with Crippen LogP contribution < -0.4 is 0 Å². The zero-order valence-corrected chi connectivity index (χ0v) is 12.1. The first-order chi connectivity index (χ1) is 8.88. The van der Waals surface area contributed by atoms with Crippen LogP contribution in [0.25, 0.3) is 0 Å². The van der Waals surface area contributed by atoms with Gasteiger partial charge in [-0.25, -0.2) is 0 Å². The number of carbonyl (C=O) groups is 1. The molecule has 0 N–H and O–H groups in total. The van der Waals surface area contributed by atoms with Crippen molar-refractivity contribution in [3.8, 4) is 0 Å². The summed E-state index contributed by atoms with van der Waals surface area (Å²) in [5, 5.41) is 10.7. The molecule has 0 bridgehead atoms. The van der Waals surface area contributed by atoms with Crippen molar-refractivity contribution in [3.63, 3.8) is 0 Å². The van der Waals surface area contributed by atoms with Gasteiger partial charge in [-0.3, -0.25) is 14.9 Å². The van der Waals surface area contributed by atoms with E-state index in [9.17, 15) is 14.9 Å². The number of hydrogen-bond donors (Lipinski definition) is 0. The van der Waals surface area contributed by atoms with Crippen molar-refractivity contribution in [1.29, 1.82) is 0 Å². The summed E-state index contributed by atoms with van der Waals surface area (Å²) < 4.78 is 1.48. The molecule has 0 aliphatic carbocycles. The van der Waals surface area contributed by atoms with Gasteiger partial charge in [-0.2, -0.15) is 0 Å². The van der Waals surface area contributed by atoms with Crippen LogP contribution in [0.15, 0.2) is 12.3 Å². The van der Waals surface area contributed by atoms with E-state index in [0.717, 1.165) is 0 Å².